The number of nitrogens with one attached hydrogen (secondary N) is 2. The Labute approximate surface area is 197 Å². The molecule has 2 fully saturated rings. The molecule has 0 bridgehead atoms. The highest BCUT2D eigenvalue weighted by molar-refractivity contribution is 5.84. The number of hydrogen-bond donors (Lipinski definition) is 3. The van der Waals surface area contributed by atoms with Crippen molar-refractivity contribution < 1.29 is 14.7 Å². The number of unbranched alkanes of at least 4 members (excludes halogenated alkanes) is 4. The zero-order valence-corrected chi connectivity index (χ0v) is 20.9. The lowest BCUT2D eigenvalue weighted by Crippen LogP contribution is -2.40. The smallest absolute Gasteiger partial charge is 0.326 e. The van der Waals surface area contributed by atoms with Crippen LogP contribution in [0, 0.1) is 0 Å². The molecular formula is C27H50N2O3. The van der Waals surface area contributed by atoms with Gasteiger partial charge in [-0.1, -0.05) is 90.2 Å². The molecule has 3 N–H and O–H groups in total. The summed E-state index contributed by atoms with van der Waals surface area (Å²) in [6.07, 6.45) is 25.7. The van der Waals surface area contributed by atoms with E-state index in [0.29, 0.717) is 6.42 Å². The molecule has 2 aliphatic carbocycles. The first-order valence-corrected chi connectivity index (χ1v) is 13.5. The van der Waals surface area contributed by atoms with Gasteiger partial charge in [-0.2, -0.15) is 0 Å². The van der Waals surface area contributed by atoms with E-state index in [1.165, 1.54) is 83.5 Å². The Bertz CT molecular complexity index is 493. The van der Waals surface area contributed by atoms with Crippen molar-refractivity contribution in [3.63, 3.8) is 0 Å². The van der Waals surface area contributed by atoms with E-state index in [4.69, 9.17) is 5.11 Å². The van der Waals surface area contributed by atoms with Gasteiger partial charge >= 0.3 is 5.97 Å². The number of allylic oxidation sites excluding steroid dienone is 1. The first-order chi connectivity index (χ1) is 15.6. The van der Waals surface area contributed by atoms with Crippen LogP contribution >= 0.6 is 0 Å². The maximum absolute atomic E-state index is 11.5. The normalized spacial score (nSPS) is 18.7. The molecular weight excluding hydrogens is 400 g/mol. The monoisotopic (exact) mass is 450 g/mol. The zero-order valence-electron chi connectivity index (χ0n) is 20.9. The predicted octanol–water partition coefficient (Wildman–Crippen LogP) is 6.51. The fourth-order valence-electron chi connectivity index (χ4n) is 4.67. The van der Waals surface area contributed by atoms with Crippen LogP contribution in [0.4, 0.5) is 0 Å². The average Bonchev–Trinajstić information content (AvgIpc) is 2.80. The summed E-state index contributed by atoms with van der Waals surface area (Å²) >= 11 is 0. The van der Waals surface area contributed by atoms with Gasteiger partial charge < -0.3 is 15.7 Å². The molecule has 0 radical (unpaired) electrons. The highest BCUT2D eigenvalue weighted by Gasteiger charge is 2.19. The predicted molar refractivity (Wildman–Crippen MR) is 134 cm³/mol. The lowest BCUT2D eigenvalue weighted by atomic mass is 9.91. The third-order valence-corrected chi connectivity index (χ3v) is 6.59. The van der Waals surface area contributed by atoms with E-state index in [9.17, 15) is 9.59 Å². The van der Waals surface area contributed by atoms with Crippen LogP contribution in [0.5, 0.6) is 0 Å². The van der Waals surface area contributed by atoms with Crippen LogP contribution in [-0.4, -0.2) is 35.1 Å². The molecule has 0 heterocycles. The molecule has 1 atom stereocenters. The summed E-state index contributed by atoms with van der Waals surface area (Å²) < 4.78 is 0. The second-order valence-electron chi connectivity index (χ2n) is 9.61. The number of carbonyl (C=O) groups is 2. The number of carbonyl (C=O) groups excluding carboxylic acids is 1. The molecule has 0 saturated heterocycles. The van der Waals surface area contributed by atoms with Crippen LogP contribution in [0.3, 0.4) is 0 Å². The van der Waals surface area contributed by atoms with Gasteiger partial charge in [0.05, 0.1) is 0 Å². The van der Waals surface area contributed by atoms with Gasteiger partial charge in [0.25, 0.3) is 0 Å². The van der Waals surface area contributed by atoms with Crippen LogP contribution in [0.1, 0.15) is 129 Å². The highest BCUT2D eigenvalue weighted by atomic mass is 16.4. The van der Waals surface area contributed by atoms with E-state index >= 15 is 0 Å². The first kappa shape index (κ1) is 28.7. The van der Waals surface area contributed by atoms with Gasteiger partial charge in [-0.05, 0) is 44.9 Å². The van der Waals surface area contributed by atoms with Crippen molar-refractivity contribution in [3.05, 3.63) is 12.2 Å². The molecule has 2 rings (SSSR count). The van der Waals surface area contributed by atoms with Crippen molar-refractivity contribution in [1.82, 2.24) is 10.6 Å². The fourth-order valence-corrected chi connectivity index (χ4v) is 4.67. The Morgan fingerprint density at radius 3 is 1.94 bits per heavy atom. The Hall–Kier alpha value is -1.36. The van der Waals surface area contributed by atoms with Crippen LogP contribution in [-0.2, 0) is 9.59 Å². The Morgan fingerprint density at radius 2 is 1.44 bits per heavy atom. The summed E-state index contributed by atoms with van der Waals surface area (Å²) in [5, 5.41) is 15.3. The number of carboxylic acids is 1. The van der Waals surface area contributed by atoms with Crippen LogP contribution in [0.25, 0.3) is 0 Å². The molecule has 5 heteroatoms. The van der Waals surface area contributed by atoms with E-state index in [0.717, 1.165) is 31.3 Å². The lowest BCUT2D eigenvalue weighted by molar-refractivity contribution is -0.141. The van der Waals surface area contributed by atoms with Crippen molar-refractivity contribution in [2.45, 2.75) is 148 Å². The van der Waals surface area contributed by atoms with E-state index in [1.807, 2.05) is 19.1 Å². The minimum absolute atomic E-state index is 0.217. The molecule has 0 aliphatic heterocycles. The second-order valence-corrected chi connectivity index (χ2v) is 9.61. The summed E-state index contributed by atoms with van der Waals surface area (Å²) in [5.41, 5.74) is 0. The molecule has 32 heavy (non-hydrogen) atoms. The largest absolute Gasteiger partial charge is 0.480 e. The molecule has 0 aromatic rings. The number of rotatable bonds is 13. The number of hydrogen-bond acceptors (Lipinski definition) is 3. The summed E-state index contributed by atoms with van der Waals surface area (Å²) in [7, 11) is 0. The van der Waals surface area contributed by atoms with E-state index in [-0.39, 0.29) is 12.3 Å². The number of aliphatic carboxylic acids is 1. The molecule has 5 nitrogen and oxygen atoms in total. The molecule has 186 valence electrons. The molecule has 1 amide bonds. The van der Waals surface area contributed by atoms with Crippen LogP contribution in [0.2, 0.25) is 0 Å². The zero-order chi connectivity index (χ0) is 23.4. The summed E-state index contributed by atoms with van der Waals surface area (Å²) in [6, 6.07) is 0.990. The Kier molecular flexibility index (Phi) is 17.2. The molecule has 0 aromatic heterocycles. The average molecular weight is 451 g/mol. The maximum atomic E-state index is 11.5. The SMILES string of the molecule is C1CCC(NC2CCCCC2)CC1.CCCCCCC=CCC(=O)NC(CCC)C(=O)O. The standard InChI is InChI=1S/C15H27NO3.C12H23N/c1-3-5-6-7-8-9-10-12-14(17)16-13(11-4-2)15(18)19;1-3-7-11(8-4-1)13-12-9-5-2-6-10-12/h9-10,13H,3-8,11-12H2,1-2H3,(H,16,17)(H,18,19);11-13H,1-10H2. The van der Waals surface area contributed by atoms with Gasteiger partial charge in [-0.3, -0.25) is 4.79 Å². The van der Waals surface area contributed by atoms with Gasteiger partial charge in [0, 0.05) is 18.5 Å². The van der Waals surface area contributed by atoms with E-state index in [1.54, 1.807) is 0 Å². The van der Waals surface area contributed by atoms with Crippen LogP contribution in [0.15, 0.2) is 12.2 Å². The van der Waals surface area contributed by atoms with Crippen molar-refractivity contribution in [3.8, 4) is 0 Å². The molecule has 2 saturated carbocycles. The molecule has 0 aromatic carbocycles. The molecule has 2 aliphatic rings. The molecule has 1 unspecified atom stereocenters. The van der Waals surface area contributed by atoms with E-state index < -0.39 is 12.0 Å². The summed E-state index contributed by atoms with van der Waals surface area (Å²) in [5.74, 6) is -1.18. The van der Waals surface area contributed by atoms with Gasteiger partial charge in [0.15, 0.2) is 0 Å². The Balaban J connectivity index is 0.000000339. The van der Waals surface area contributed by atoms with Crippen LogP contribution < -0.4 is 10.6 Å². The van der Waals surface area contributed by atoms with Crippen molar-refractivity contribution in [1.29, 1.82) is 0 Å². The minimum atomic E-state index is -0.959. The molecule has 0 spiro atoms. The third kappa shape index (κ3) is 14.7. The van der Waals surface area contributed by atoms with Gasteiger partial charge in [-0.25, -0.2) is 4.79 Å². The first-order valence-electron chi connectivity index (χ1n) is 13.5. The van der Waals surface area contributed by atoms with Crippen molar-refractivity contribution in [2.75, 3.05) is 0 Å². The quantitative estimate of drug-likeness (QED) is 0.221. The Morgan fingerprint density at radius 1 is 0.844 bits per heavy atom. The fraction of sp³-hybridized carbons (Fsp3) is 0.852. The minimum Gasteiger partial charge on any atom is -0.480 e. The third-order valence-electron chi connectivity index (χ3n) is 6.59. The second kappa shape index (κ2) is 19.1. The highest BCUT2D eigenvalue weighted by Crippen LogP contribution is 2.22. The number of carboxylic acid groups (broad SMARTS) is 1. The summed E-state index contributed by atoms with van der Waals surface area (Å²) in [4.78, 5) is 22.4. The van der Waals surface area contributed by atoms with E-state index in [2.05, 4.69) is 17.6 Å². The topological polar surface area (TPSA) is 78.4 Å². The van der Waals surface area contributed by atoms with Gasteiger partial charge in [0.1, 0.15) is 6.04 Å². The van der Waals surface area contributed by atoms with Crippen molar-refractivity contribution >= 4 is 11.9 Å². The van der Waals surface area contributed by atoms with Gasteiger partial charge in [0.2, 0.25) is 5.91 Å². The van der Waals surface area contributed by atoms with Gasteiger partial charge in [-0.15, -0.1) is 0 Å². The van der Waals surface area contributed by atoms with Crippen molar-refractivity contribution in [2.24, 2.45) is 0 Å². The summed E-state index contributed by atoms with van der Waals surface area (Å²) in [6.45, 7) is 4.08. The maximum Gasteiger partial charge on any atom is 0.326 e. The lowest BCUT2D eigenvalue weighted by Gasteiger charge is -2.30. The number of amides is 1.